The number of hydrogen-bond acceptors (Lipinski definition) is 7. The van der Waals surface area contributed by atoms with Gasteiger partial charge in [0.05, 0.1) is 17.6 Å². The maximum atomic E-state index is 13.1. The predicted octanol–water partition coefficient (Wildman–Crippen LogP) is 2.49. The molecule has 0 N–H and O–H groups in total. The Balaban J connectivity index is 1.42. The zero-order valence-corrected chi connectivity index (χ0v) is 17.7. The summed E-state index contributed by atoms with van der Waals surface area (Å²) in [6, 6.07) is 0.211. The minimum Gasteiger partial charge on any atom is -0.338 e. The summed E-state index contributed by atoms with van der Waals surface area (Å²) in [5, 5.41) is 3.95. The van der Waals surface area contributed by atoms with Gasteiger partial charge in [-0.2, -0.15) is 0 Å². The molecule has 0 aromatic carbocycles. The Bertz CT molecular complexity index is 875. The molecule has 0 unspecified atom stereocenters. The van der Waals surface area contributed by atoms with E-state index in [1.807, 2.05) is 23.6 Å². The zero-order valence-electron chi connectivity index (χ0n) is 16.9. The van der Waals surface area contributed by atoms with E-state index in [4.69, 9.17) is 0 Å². The van der Waals surface area contributed by atoms with Crippen molar-refractivity contribution in [2.45, 2.75) is 52.0 Å². The highest BCUT2D eigenvalue weighted by Crippen LogP contribution is 2.32. The van der Waals surface area contributed by atoms with Gasteiger partial charge in [0, 0.05) is 31.9 Å². The van der Waals surface area contributed by atoms with E-state index in [-0.39, 0.29) is 17.9 Å². The van der Waals surface area contributed by atoms with Crippen LogP contribution in [0.2, 0.25) is 0 Å². The normalized spacial score (nSPS) is 20.7. The van der Waals surface area contributed by atoms with Crippen LogP contribution in [-0.2, 0) is 0 Å². The Morgan fingerprint density at radius 2 is 1.79 bits per heavy atom. The van der Waals surface area contributed by atoms with E-state index < -0.39 is 0 Å². The Morgan fingerprint density at radius 3 is 2.45 bits per heavy atom. The molecular weight excluding hydrogens is 388 g/mol. The van der Waals surface area contributed by atoms with E-state index in [1.54, 1.807) is 12.4 Å². The largest absolute Gasteiger partial charge is 0.338 e. The maximum absolute atomic E-state index is 13.1. The number of piperidine rings is 2. The highest BCUT2D eigenvalue weighted by molar-refractivity contribution is 7.07. The molecule has 154 valence electrons. The molecule has 1 atom stereocenters. The first kappa shape index (κ1) is 19.9. The minimum absolute atomic E-state index is 0.0212. The van der Waals surface area contributed by atoms with Gasteiger partial charge in [0.15, 0.2) is 0 Å². The van der Waals surface area contributed by atoms with Crippen molar-refractivity contribution in [1.29, 1.82) is 0 Å². The molecule has 0 saturated carbocycles. The predicted molar refractivity (Wildman–Crippen MR) is 109 cm³/mol. The van der Waals surface area contributed by atoms with Gasteiger partial charge >= 0.3 is 0 Å². The molecule has 2 aromatic heterocycles. The molecule has 0 bridgehead atoms. The summed E-state index contributed by atoms with van der Waals surface area (Å²) in [5.74, 6) is 0.414. The van der Waals surface area contributed by atoms with Crippen LogP contribution in [0.4, 0.5) is 0 Å². The third kappa shape index (κ3) is 4.14. The molecule has 2 aliphatic rings. The first-order valence-electron chi connectivity index (χ1n) is 10.2. The summed E-state index contributed by atoms with van der Waals surface area (Å²) in [6.07, 6.45) is 8.22. The molecule has 2 amide bonds. The first-order valence-corrected chi connectivity index (χ1v) is 11.0. The van der Waals surface area contributed by atoms with Crippen LogP contribution in [0.3, 0.4) is 0 Å². The molecule has 0 radical (unpaired) electrons. The molecular formula is C20H26N6O2S. The summed E-state index contributed by atoms with van der Waals surface area (Å²) < 4.78 is 3.88. The number of likely N-dealkylation sites (tertiary alicyclic amines) is 2. The highest BCUT2D eigenvalue weighted by atomic mass is 32.1. The lowest BCUT2D eigenvalue weighted by Crippen LogP contribution is -2.51. The molecule has 4 rings (SSSR count). The van der Waals surface area contributed by atoms with Gasteiger partial charge < -0.3 is 9.80 Å². The third-order valence-corrected chi connectivity index (χ3v) is 6.84. The van der Waals surface area contributed by atoms with Crippen LogP contribution in [-0.4, -0.2) is 66.8 Å². The van der Waals surface area contributed by atoms with Crippen LogP contribution in [0.25, 0.3) is 0 Å². The van der Waals surface area contributed by atoms with Crippen molar-refractivity contribution in [2.24, 2.45) is 5.92 Å². The molecule has 2 saturated heterocycles. The second kappa shape index (κ2) is 8.52. The SMILES string of the molecule is Cc1cnc(C(=O)N2CCCC[C@@H]2C2CCN(C(=O)c3snnc3C)CC2)cn1. The van der Waals surface area contributed by atoms with Gasteiger partial charge in [-0.1, -0.05) is 4.49 Å². The average Bonchev–Trinajstić information content (AvgIpc) is 3.19. The van der Waals surface area contributed by atoms with E-state index in [2.05, 4.69) is 19.6 Å². The Kier molecular flexibility index (Phi) is 5.84. The monoisotopic (exact) mass is 414 g/mol. The van der Waals surface area contributed by atoms with E-state index in [9.17, 15) is 9.59 Å². The number of amides is 2. The molecule has 4 heterocycles. The van der Waals surface area contributed by atoms with Gasteiger partial charge in [0.2, 0.25) is 0 Å². The summed E-state index contributed by atoms with van der Waals surface area (Å²) in [4.78, 5) is 38.9. The van der Waals surface area contributed by atoms with Crippen LogP contribution in [0.5, 0.6) is 0 Å². The highest BCUT2D eigenvalue weighted by Gasteiger charge is 2.36. The number of rotatable bonds is 3. The van der Waals surface area contributed by atoms with Crippen molar-refractivity contribution < 1.29 is 9.59 Å². The fourth-order valence-electron chi connectivity index (χ4n) is 4.41. The number of aryl methyl sites for hydroxylation is 2. The summed E-state index contributed by atoms with van der Waals surface area (Å²) in [6.45, 7) is 5.88. The number of carbonyl (C=O) groups is 2. The lowest BCUT2D eigenvalue weighted by molar-refractivity contribution is 0.0371. The smallest absolute Gasteiger partial charge is 0.274 e. The fraction of sp³-hybridized carbons (Fsp3) is 0.600. The quantitative estimate of drug-likeness (QED) is 0.766. The molecule has 0 aliphatic carbocycles. The Morgan fingerprint density at radius 1 is 1.00 bits per heavy atom. The Labute approximate surface area is 174 Å². The summed E-state index contributed by atoms with van der Waals surface area (Å²) in [7, 11) is 0. The summed E-state index contributed by atoms with van der Waals surface area (Å²) >= 11 is 1.16. The van der Waals surface area contributed by atoms with Crippen LogP contribution in [0.1, 0.15) is 63.7 Å². The van der Waals surface area contributed by atoms with E-state index >= 15 is 0 Å². The molecule has 0 spiro atoms. The standard InChI is InChI=1S/C20H26N6O2S/c1-13-11-22-16(12-21-13)19(27)26-8-4-3-5-17(26)15-6-9-25(10-7-15)20(28)18-14(2)23-24-29-18/h11-12,15,17H,3-10H2,1-2H3/t17-/m1/s1. The lowest BCUT2D eigenvalue weighted by atomic mass is 9.83. The van der Waals surface area contributed by atoms with E-state index in [0.29, 0.717) is 35.3 Å². The zero-order chi connectivity index (χ0) is 20.4. The molecule has 8 nitrogen and oxygen atoms in total. The van der Waals surface area contributed by atoms with E-state index in [1.165, 1.54) is 0 Å². The van der Waals surface area contributed by atoms with Crippen molar-refractivity contribution in [3.05, 3.63) is 34.4 Å². The molecule has 29 heavy (non-hydrogen) atoms. The summed E-state index contributed by atoms with van der Waals surface area (Å²) in [5.41, 5.74) is 1.92. The molecule has 2 aliphatic heterocycles. The van der Waals surface area contributed by atoms with Crippen molar-refractivity contribution in [1.82, 2.24) is 29.4 Å². The second-order valence-corrected chi connectivity index (χ2v) is 8.68. The topological polar surface area (TPSA) is 92.2 Å². The van der Waals surface area contributed by atoms with Crippen LogP contribution >= 0.6 is 11.5 Å². The van der Waals surface area contributed by atoms with Gasteiger partial charge in [0.1, 0.15) is 10.6 Å². The molecule has 9 heteroatoms. The van der Waals surface area contributed by atoms with Gasteiger partial charge in [-0.05, 0) is 63.4 Å². The van der Waals surface area contributed by atoms with Crippen molar-refractivity contribution in [2.75, 3.05) is 19.6 Å². The van der Waals surface area contributed by atoms with Crippen molar-refractivity contribution >= 4 is 23.3 Å². The number of aromatic nitrogens is 4. The number of nitrogens with zero attached hydrogens (tertiary/aromatic N) is 6. The van der Waals surface area contributed by atoms with Crippen molar-refractivity contribution in [3.63, 3.8) is 0 Å². The van der Waals surface area contributed by atoms with Crippen LogP contribution in [0.15, 0.2) is 12.4 Å². The van der Waals surface area contributed by atoms with Gasteiger partial charge in [-0.15, -0.1) is 5.10 Å². The lowest BCUT2D eigenvalue weighted by Gasteiger charge is -2.43. The fourth-order valence-corrected chi connectivity index (χ4v) is 5.03. The molecule has 2 fully saturated rings. The second-order valence-electron chi connectivity index (χ2n) is 7.92. The van der Waals surface area contributed by atoms with Gasteiger partial charge in [-0.3, -0.25) is 14.6 Å². The van der Waals surface area contributed by atoms with E-state index in [0.717, 1.165) is 55.9 Å². The Hall–Kier alpha value is -2.42. The number of carbonyl (C=O) groups excluding carboxylic acids is 2. The van der Waals surface area contributed by atoms with Gasteiger partial charge in [0.25, 0.3) is 11.8 Å². The number of hydrogen-bond donors (Lipinski definition) is 0. The van der Waals surface area contributed by atoms with Crippen molar-refractivity contribution in [3.8, 4) is 0 Å². The third-order valence-electron chi connectivity index (χ3n) is 6.03. The van der Waals surface area contributed by atoms with Crippen LogP contribution in [0, 0.1) is 19.8 Å². The minimum atomic E-state index is -0.0212. The van der Waals surface area contributed by atoms with Gasteiger partial charge in [-0.25, -0.2) is 4.98 Å². The maximum Gasteiger partial charge on any atom is 0.274 e. The molecule has 2 aromatic rings. The first-order chi connectivity index (χ1) is 14.0. The average molecular weight is 415 g/mol. The van der Waals surface area contributed by atoms with Crippen LogP contribution < -0.4 is 0 Å².